The summed E-state index contributed by atoms with van der Waals surface area (Å²) in [7, 11) is 6.59. The Bertz CT molecular complexity index is 452. The fourth-order valence-electron chi connectivity index (χ4n) is 1.79. The van der Waals surface area contributed by atoms with Crippen LogP contribution in [0.15, 0.2) is 42.5 Å². The number of halogens is 1. The van der Waals surface area contributed by atoms with E-state index in [2.05, 4.69) is 63.6 Å². The maximum atomic E-state index is 2.20. The highest BCUT2D eigenvalue weighted by atomic mass is 127. The van der Waals surface area contributed by atoms with Crippen molar-refractivity contribution in [3.8, 4) is 0 Å². The first-order valence-corrected chi connectivity index (χ1v) is 4.89. The first-order chi connectivity index (χ1) is 6.59. The van der Waals surface area contributed by atoms with Crippen LogP contribution in [0.3, 0.4) is 0 Å². The van der Waals surface area contributed by atoms with E-state index < -0.39 is 0 Å². The van der Waals surface area contributed by atoms with Crippen molar-refractivity contribution >= 4 is 16.5 Å². The monoisotopic (exact) mass is 313 g/mol. The largest absolute Gasteiger partial charge is 1.00 e. The molecule has 2 rings (SSSR count). The first-order valence-electron chi connectivity index (χ1n) is 4.89. The summed E-state index contributed by atoms with van der Waals surface area (Å²) in [6.07, 6.45) is 0. The molecule has 0 aromatic heterocycles. The highest BCUT2D eigenvalue weighted by Crippen LogP contribution is 2.27. The number of rotatable bonds is 1. The van der Waals surface area contributed by atoms with Crippen LogP contribution in [-0.4, -0.2) is 21.1 Å². The summed E-state index contributed by atoms with van der Waals surface area (Å²) in [6.45, 7) is 0. The van der Waals surface area contributed by atoms with Gasteiger partial charge in [-0.05, 0) is 17.5 Å². The molecule has 2 aromatic rings. The molecule has 2 aromatic carbocycles. The number of hydrogen-bond donors (Lipinski definition) is 0. The smallest absolute Gasteiger partial charge is 0.140 e. The Kier molecular flexibility index (Phi) is 3.73. The minimum absolute atomic E-state index is 0. The van der Waals surface area contributed by atoms with Gasteiger partial charge >= 0.3 is 0 Å². The summed E-state index contributed by atoms with van der Waals surface area (Å²) >= 11 is 0. The molecule has 0 N–H and O–H groups in total. The zero-order chi connectivity index (χ0) is 10.2. The summed E-state index contributed by atoms with van der Waals surface area (Å²) in [6, 6.07) is 15.0. The zero-order valence-electron chi connectivity index (χ0n) is 9.37. The fourth-order valence-corrected chi connectivity index (χ4v) is 1.79. The molecule has 0 aliphatic carbocycles. The predicted octanol–water partition coefficient (Wildman–Crippen LogP) is 0.0405. The molecule has 15 heavy (non-hydrogen) atoms. The Morgan fingerprint density at radius 3 is 2.07 bits per heavy atom. The maximum absolute atomic E-state index is 2.20. The Morgan fingerprint density at radius 2 is 1.40 bits per heavy atom. The molecule has 0 amide bonds. The molecular formula is C13H16IN. The summed E-state index contributed by atoms with van der Waals surface area (Å²) in [4.78, 5) is 0. The van der Waals surface area contributed by atoms with E-state index in [-0.39, 0.29) is 24.0 Å². The molecule has 0 unspecified atom stereocenters. The van der Waals surface area contributed by atoms with Gasteiger partial charge in [-0.1, -0.05) is 30.3 Å². The molecule has 0 aliphatic rings. The Balaban J connectivity index is 0.00000112. The van der Waals surface area contributed by atoms with E-state index in [0.717, 1.165) is 4.48 Å². The molecule has 0 aliphatic heterocycles. The van der Waals surface area contributed by atoms with Crippen LogP contribution in [0.1, 0.15) is 0 Å². The molecule has 1 nitrogen and oxygen atoms in total. The third kappa shape index (κ3) is 2.49. The molecule has 0 fully saturated rings. The molecule has 0 heterocycles. The van der Waals surface area contributed by atoms with E-state index in [4.69, 9.17) is 0 Å². The van der Waals surface area contributed by atoms with Crippen LogP contribution in [0.5, 0.6) is 0 Å². The van der Waals surface area contributed by atoms with E-state index in [9.17, 15) is 0 Å². The second-order valence-electron chi connectivity index (χ2n) is 4.51. The van der Waals surface area contributed by atoms with E-state index in [1.54, 1.807) is 0 Å². The second kappa shape index (κ2) is 4.49. The highest BCUT2D eigenvalue weighted by molar-refractivity contribution is 5.93. The van der Waals surface area contributed by atoms with E-state index in [1.165, 1.54) is 16.5 Å². The Labute approximate surface area is 108 Å². The van der Waals surface area contributed by atoms with Gasteiger partial charge in [0.25, 0.3) is 0 Å². The number of nitrogens with zero attached hydrogens (tertiary/aromatic N) is 1. The van der Waals surface area contributed by atoms with Gasteiger partial charge in [0, 0.05) is 5.39 Å². The average molecular weight is 313 g/mol. The van der Waals surface area contributed by atoms with E-state index in [0.29, 0.717) is 0 Å². The lowest BCUT2D eigenvalue weighted by atomic mass is 10.1. The summed E-state index contributed by atoms with van der Waals surface area (Å²) < 4.78 is 0.862. The van der Waals surface area contributed by atoms with Gasteiger partial charge in [0.05, 0.1) is 21.1 Å². The van der Waals surface area contributed by atoms with E-state index in [1.807, 2.05) is 0 Å². The third-order valence-electron chi connectivity index (χ3n) is 2.49. The summed E-state index contributed by atoms with van der Waals surface area (Å²) in [5.74, 6) is 0. The minimum Gasteiger partial charge on any atom is -1.00 e. The zero-order valence-corrected chi connectivity index (χ0v) is 11.5. The lowest BCUT2D eigenvalue weighted by Gasteiger charge is -2.24. The van der Waals surface area contributed by atoms with Crippen molar-refractivity contribution in [2.24, 2.45) is 0 Å². The number of quaternary nitrogens is 1. The second-order valence-corrected chi connectivity index (χ2v) is 4.51. The van der Waals surface area contributed by atoms with Crippen molar-refractivity contribution in [3.05, 3.63) is 42.5 Å². The summed E-state index contributed by atoms with van der Waals surface area (Å²) in [5.41, 5.74) is 1.36. The van der Waals surface area contributed by atoms with Crippen LogP contribution >= 0.6 is 0 Å². The van der Waals surface area contributed by atoms with Gasteiger partial charge in [0.15, 0.2) is 0 Å². The van der Waals surface area contributed by atoms with Crippen LogP contribution in [0.4, 0.5) is 5.69 Å². The van der Waals surface area contributed by atoms with Gasteiger partial charge in [-0.15, -0.1) is 0 Å². The van der Waals surface area contributed by atoms with Crippen molar-refractivity contribution in [1.82, 2.24) is 4.48 Å². The highest BCUT2D eigenvalue weighted by Gasteiger charge is 2.14. The van der Waals surface area contributed by atoms with Gasteiger partial charge in [0.2, 0.25) is 0 Å². The van der Waals surface area contributed by atoms with Gasteiger partial charge < -0.3 is 24.0 Å². The van der Waals surface area contributed by atoms with E-state index >= 15 is 0 Å². The average Bonchev–Trinajstić information content (AvgIpc) is 2.15. The fraction of sp³-hybridized carbons (Fsp3) is 0.231. The number of fused-ring (bicyclic) bond motifs is 1. The number of benzene rings is 2. The van der Waals surface area contributed by atoms with Crippen LogP contribution in [0.2, 0.25) is 0 Å². The molecule has 0 radical (unpaired) electrons. The molecule has 0 saturated carbocycles. The topological polar surface area (TPSA) is 0 Å². The van der Waals surface area contributed by atoms with Crippen LogP contribution in [0.25, 0.3) is 10.8 Å². The van der Waals surface area contributed by atoms with Gasteiger partial charge in [-0.2, -0.15) is 0 Å². The summed E-state index contributed by atoms with van der Waals surface area (Å²) in [5, 5.41) is 2.67. The molecule has 0 bridgehead atoms. The van der Waals surface area contributed by atoms with Crippen LogP contribution < -0.4 is 28.5 Å². The van der Waals surface area contributed by atoms with Crippen molar-refractivity contribution in [1.29, 1.82) is 0 Å². The first kappa shape index (κ1) is 12.5. The molecule has 0 atom stereocenters. The Hall–Kier alpha value is -0.610. The van der Waals surface area contributed by atoms with Crippen LogP contribution in [0, 0.1) is 0 Å². The maximum Gasteiger partial charge on any atom is 0.140 e. The van der Waals surface area contributed by atoms with Crippen molar-refractivity contribution in [2.75, 3.05) is 21.1 Å². The number of hydrogen-bond acceptors (Lipinski definition) is 0. The Morgan fingerprint density at radius 1 is 0.800 bits per heavy atom. The molecule has 0 spiro atoms. The van der Waals surface area contributed by atoms with Gasteiger partial charge in [0.1, 0.15) is 5.69 Å². The lowest BCUT2D eigenvalue weighted by molar-refractivity contribution is -0.00000306. The molecule has 0 saturated heterocycles. The molecule has 2 heteroatoms. The van der Waals surface area contributed by atoms with Crippen molar-refractivity contribution in [2.45, 2.75) is 0 Å². The minimum atomic E-state index is 0. The quantitative estimate of drug-likeness (QED) is 0.515. The molecular weight excluding hydrogens is 297 g/mol. The SMILES string of the molecule is C[N+](C)(C)c1cccc2ccccc12.[I-]. The third-order valence-corrected chi connectivity index (χ3v) is 2.49. The predicted molar refractivity (Wildman–Crippen MR) is 63.5 cm³/mol. The molecule has 80 valence electrons. The van der Waals surface area contributed by atoms with Gasteiger partial charge in [-0.3, -0.25) is 4.48 Å². The lowest BCUT2D eigenvalue weighted by Crippen LogP contribution is -3.00. The van der Waals surface area contributed by atoms with Crippen molar-refractivity contribution < 1.29 is 24.0 Å². The van der Waals surface area contributed by atoms with Crippen molar-refractivity contribution in [3.63, 3.8) is 0 Å². The normalized spacial score (nSPS) is 11.1. The standard InChI is InChI=1S/C13H16N.HI/c1-14(2,3)13-10-6-8-11-7-4-5-9-12(11)13;/h4-10H,1-3H3;1H/q+1;/p-1. The van der Waals surface area contributed by atoms with Crippen LogP contribution in [-0.2, 0) is 0 Å². The van der Waals surface area contributed by atoms with Gasteiger partial charge in [-0.25, -0.2) is 0 Å².